The van der Waals surface area contributed by atoms with Crippen LogP contribution in [0.4, 0.5) is 0 Å². The fourth-order valence-corrected chi connectivity index (χ4v) is 3.17. The van der Waals surface area contributed by atoms with E-state index in [1.54, 1.807) is 18.0 Å². The number of nitriles is 1. The maximum Gasteiger partial charge on any atom is 0.115 e. The lowest BCUT2D eigenvalue weighted by molar-refractivity contribution is 1.09. The normalized spacial score (nSPS) is 10.2. The zero-order valence-electron chi connectivity index (χ0n) is 12.5. The largest absolute Gasteiger partial charge is 0.255 e. The zero-order chi connectivity index (χ0) is 15.9. The van der Waals surface area contributed by atoms with Crippen molar-refractivity contribution in [3.05, 3.63) is 78.0 Å². The highest BCUT2D eigenvalue weighted by Gasteiger charge is 2.08. The molecular weight excluding hydrogens is 302 g/mol. The molecule has 2 aromatic heterocycles. The molecule has 2 heterocycles. The predicted octanol–water partition coefficient (Wildman–Crippen LogP) is 4.35. The summed E-state index contributed by atoms with van der Waals surface area (Å²) in [5.41, 5.74) is 3.52. The number of benzene rings is 1. The molecule has 0 N–H and O–H groups in total. The first kappa shape index (κ1) is 15.3. The van der Waals surface area contributed by atoms with Crippen LogP contribution in [0.2, 0.25) is 0 Å². The number of hydrogen-bond donors (Lipinski definition) is 0. The molecule has 0 bridgehead atoms. The molecule has 0 radical (unpaired) electrons. The van der Waals surface area contributed by atoms with Gasteiger partial charge in [-0.25, -0.2) is 4.98 Å². The average molecular weight is 317 g/mol. The summed E-state index contributed by atoms with van der Waals surface area (Å²) in [6, 6.07) is 22.0. The molecule has 3 rings (SSSR count). The van der Waals surface area contributed by atoms with Crippen molar-refractivity contribution < 1.29 is 0 Å². The number of aromatic nitrogens is 2. The summed E-state index contributed by atoms with van der Waals surface area (Å²) >= 11 is 1.61. The number of pyridine rings is 2. The van der Waals surface area contributed by atoms with Crippen LogP contribution in [-0.4, -0.2) is 15.7 Å². The van der Waals surface area contributed by atoms with Crippen molar-refractivity contribution in [1.29, 1.82) is 5.26 Å². The first-order chi connectivity index (χ1) is 11.4. The summed E-state index contributed by atoms with van der Waals surface area (Å²) in [5, 5.41) is 10.0. The summed E-state index contributed by atoms with van der Waals surface area (Å²) in [6.45, 7) is 0. The number of hydrogen-bond acceptors (Lipinski definition) is 4. The quantitative estimate of drug-likeness (QED) is 0.656. The number of aryl methyl sites for hydroxylation is 1. The first-order valence-electron chi connectivity index (χ1n) is 7.36. The average Bonchev–Trinajstić information content (AvgIpc) is 2.63. The van der Waals surface area contributed by atoms with Crippen molar-refractivity contribution in [2.45, 2.75) is 11.4 Å². The number of thioether (sulfide) groups is 1. The van der Waals surface area contributed by atoms with Gasteiger partial charge in [-0.05, 0) is 36.2 Å². The molecule has 0 fully saturated rings. The van der Waals surface area contributed by atoms with Gasteiger partial charge in [-0.15, -0.1) is 11.8 Å². The minimum absolute atomic E-state index is 0.614. The van der Waals surface area contributed by atoms with E-state index in [0.29, 0.717) is 5.56 Å². The third kappa shape index (κ3) is 3.97. The SMILES string of the molecule is N#Cc1ccc(-c2ccccn2)nc1SCCc1ccccc1. The topological polar surface area (TPSA) is 49.6 Å². The van der Waals surface area contributed by atoms with Crippen LogP contribution in [0.5, 0.6) is 0 Å². The Bertz CT molecular complexity index is 811. The second kappa shape index (κ2) is 7.57. The molecule has 0 saturated heterocycles. The van der Waals surface area contributed by atoms with Gasteiger partial charge in [0.25, 0.3) is 0 Å². The Hall–Kier alpha value is -2.64. The van der Waals surface area contributed by atoms with Crippen LogP contribution < -0.4 is 0 Å². The lowest BCUT2D eigenvalue weighted by atomic mass is 10.2. The summed E-state index contributed by atoms with van der Waals surface area (Å²) in [4.78, 5) is 8.94. The molecule has 1 aromatic carbocycles. The molecule has 0 spiro atoms. The fourth-order valence-electron chi connectivity index (χ4n) is 2.20. The summed E-state index contributed by atoms with van der Waals surface area (Å²) in [7, 11) is 0. The maximum atomic E-state index is 9.28. The summed E-state index contributed by atoms with van der Waals surface area (Å²) in [5.74, 6) is 0.886. The summed E-state index contributed by atoms with van der Waals surface area (Å²) < 4.78 is 0. The first-order valence-corrected chi connectivity index (χ1v) is 8.34. The van der Waals surface area contributed by atoms with Crippen LogP contribution in [0.15, 0.2) is 71.9 Å². The Morgan fingerprint density at radius 1 is 0.913 bits per heavy atom. The van der Waals surface area contributed by atoms with Crippen LogP contribution in [0.25, 0.3) is 11.4 Å². The van der Waals surface area contributed by atoms with Gasteiger partial charge in [-0.2, -0.15) is 5.26 Å². The molecular formula is C19H15N3S. The number of nitrogens with zero attached hydrogens (tertiary/aromatic N) is 3. The lowest BCUT2D eigenvalue weighted by Crippen LogP contribution is -1.94. The van der Waals surface area contributed by atoms with Gasteiger partial charge < -0.3 is 0 Å². The molecule has 0 aliphatic rings. The van der Waals surface area contributed by atoms with E-state index >= 15 is 0 Å². The minimum atomic E-state index is 0.614. The standard InChI is InChI=1S/C19H15N3S/c20-14-16-9-10-18(17-8-4-5-12-21-17)22-19(16)23-13-11-15-6-2-1-3-7-15/h1-10,12H,11,13H2. The molecule has 0 saturated carbocycles. The predicted molar refractivity (Wildman–Crippen MR) is 93.1 cm³/mol. The van der Waals surface area contributed by atoms with Crippen molar-refractivity contribution >= 4 is 11.8 Å². The molecule has 0 atom stereocenters. The van der Waals surface area contributed by atoms with E-state index in [-0.39, 0.29) is 0 Å². The third-order valence-electron chi connectivity index (χ3n) is 3.38. The van der Waals surface area contributed by atoms with Gasteiger partial charge in [0.15, 0.2) is 0 Å². The van der Waals surface area contributed by atoms with Gasteiger partial charge in [0.2, 0.25) is 0 Å². The Morgan fingerprint density at radius 2 is 1.74 bits per heavy atom. The van der Waals surface area contributed by atoms with Gasteiger partial charge in [0, 0.05) is 11.9 Å². The minimum Gasteiger partial charge on any atom is -0.255 e. The molecule has 4 heteroatoms. The molecule has 0 unspecified atom stereocenters. The lowest BCUT2D eigenvalue weighted by Gasteiger charge is -2.06. The maximum absolute atomic E-state index is 9.28. The molecule has 0 amide bonds. The second-order valence-corrected chi connectivity index (χ2v) is 6.04. The molecule has 3 nitrogen and oxygen atoms in total. The molecule has 23 heavy (non-hydrogen) atoms. The Balaban J connectivity index is 1.76. The third-order valence-corrected chi connectivity index (χ3v) is 4.37. The van der Waals surface area contributed by atoms with E-state index in [1.807, 2.05) is 48.5 Å². The van der Waals surface area contributed by atoms with E-state index in [1.165, 1.54) is 5.56 Å². The molecule has 0 aliphatic carbocycles. The van der Waals surface area contributed by atoms with Crippen LogP contribution in [0.1, 0.15) is 11.1 Å². The van der Waals surface area contributed by atoms with Crippen LogP contribution >= 0.6 is 11.8 Å². The summed E-state index contributed by atoms with van der Waals surface area (Å²) in [6.07, 6.45) is 2.70. The highest BCUT2D eigenvalue weighted by atomic mass is 32.2. The van der Waals surface area contributed by atoms with Crippen LogP contribution in [0, 0.1) is 11.3 Å². The highest BCUT2D eigenvalue weighted by molar-refractivity contribution is 7.99. The van der Waals surface area contributed by atoms with Crippen molar-refractivity contribution in [3.8, 4) is 17.5 Å². The van der Waals surface area contributed by atoms with Gasteiger partial charge in [0.05, 0.1) is 17.0 Å². The van der Waals surface area contributed by atoms with Gasteiger partial charge in [-0.1, -0.05) is 36.4 Å². The van der Waals surface area contributed by atoms with Crippen molar-refractivity contribution in [2.24, 2.45) is 0 Å². The Morgan fingerprint density at radius 3 is 2.48 bits per heavy atom. The smallest absolute Gasteiger partial charge is 0.115 e. The van der Waals surface area contributed by atoms with E-state index < -0.39 is 0 Å². The zero-order valence-corrected chi connectivity index (χ0v) is 13.3. The highest BCUT2D eigenvalue weighted by Crippen LogP contribution is 2.25. The fraction of sp³-hybridized carbons (Fsp3) is 0.105. The molecule has 3 aromatic rings. The van der Waals surface area contributed by atoms with Crippen molar-refractivity contribution in [2.75, 3.05) is 5.75 Å². The second-order valence-electron chi connectivity index (χ2n) is 4.96. The van der Waals surface area contributed by atoms with Gasteiger partial charge in [-0.3, -0.25) is 4.98 Å². The van der Waals surface area contributed by atoms with E-state index in [9.17, 15) is 5.26 Å². The van der Waals surface area contributed by atoms with E-state index in [2.05, 4.69) is 28.2 Å². The van der Waals surface area contributed by atoms with Gasteiger partial charge >= 0.3 is 0 Å². The Labute approximate surface area is 140 Å². The Kier molecular flexibility index (Phi) is 5.02. The van der Waals surface area contributed by atoms with Crippen LogP contribution in [-0.2, 0) is 6.42 Å². The number of rotatable bonds is 5. The van der Waals surface area contributed by atoms with Crippen molar-refractivity contribution in [3.63, 3.8) is 0 Å². The molecule has 0 aliphatic heterocycles. The van der Waals surface area contributed by atoms with Crippen molar-refractivity contribution in [1.82, 2.24) is 9.97 Å². The molecule has 112 valence electrons. The monoisotopic (exact) mass is 317 g/mol. The van der Waals surface area contributed by atoms with Gasteiger partial charge in [0.1, 0.15) is 11.1 Å². The van der Waals surface area contributed by atoms with E-state index in [0.717, 1.165) is 28.6 Å². The van der Waals surface area contributed by atoms with Crippen LogP contribution in [0.3, 0.4) is 0 Å². The van der Waals surface area contributed by atoms with E-state index in [4.69, 9.17) is 0 Å².